The second-order valence-corrected chi connectivity index (χ2v) is 7.63. The van der Waals surface area contributed by atoms with Crippen LogP contribution in [-0.2, 0) is 5.41 Å². The van der Waals surface area contributed by atoms with Gasteiger partial charge >= 0.3 is 0 Å². The topological polar surface area (TPSA) is 21.3 Å². The lowest BCUT2D eigenvalue weighted by molar-refractivity contribution is 0.291. The molecule has 1 N–H and O–H groups in total. The summed E-state index contributed by atoms with van der Waals surface area (Å²) in [6.45, 7) is 17.1. The summed E-state index contributed by atoms with van der Waals surface area (Å²) in [6.07, 6.45) is 1.02. The average molecular weight is 277 g/mol. The van der Waals surface area contributed by atoms with Gasteiger partial charge in [0, 0.05) is 5.54 Å². The Labute approximate surface area is 124 Å². The van der Waals surface area contributed by atoms with E-state index in [1.807, 2.05) is 0 Å². The van der Waals surface area contributed by atoms with Crippen LogP contribution < -0.4 is 10.1 Å². The van der Waals surface area contributed by atoms with Crippen molar-refractivity contribution < 1.29 is 4.74 Å². The molecule has 0 radical (unpaired) electrons. The highest BCUT2D eigenvalue weighted by Crippen LogP contribution is 2.32. The number of hydrogen-bond donors (Lipinski definition) is 1. The van der Waals surface area contributed by atoms with E-state index in [-0.39, 0.29) is 11.0 Å². The summed E-state index contributed by atoms with van der Waals surface area (Å²) in [5, 5.41) is 3.48. The molecule has 0 atom stereocenters. The third kappa shape index (κ3) is 5.96. The van der Waals surface area contributed by atoms with Crippen molar-refractivity contribution in [1.29, 1.82) is 0 Å². The van der Waals surface area contributed by atoms with E-state index in [0.29, 0.717) is 0 Å². The van der Waals surface area contributed by atoms with Gasteiger partial charge in [0.2, 0.25) is 0 Å². The van der Waals surface area contributed by atoms with Crippen molar-refractivity contribution in [3.8, 4) is 5.75 Å². The minimum atomic E-state index is 0.118. The van der Waals surface area contributed by atoms with Gasteiger partial charge in [0.1, 0.15) is 5.75 Å². The van der Waals surface area contributed by atoms with Crippen LogP contribution in [0, 0.1) is 6.92 Å². The Bertz CT molecular complexity index is 424. The van der Waals surface area contributed by atoms with Crippen molar-refractivity contribution in [1.82, 2.24) is 5.32 Å². The van der Waals surface area contributed by atoms with E-state index in [2.05, 4.69) is 72.0 Å². The number of benzene rings is 1. The molecule has 20 heavy (non-hydrogen) atoms. The van der Waals surface area contributed by atoms with E-state index >= 15 is 0 Å². The smallest absolute Gasteiger partial charge is 0.123 e. The van der Waals surface area contributed by atoms with Gasteiger partial charge in [0.25, 0.3) is 0 Å². The molecule has 0 unspecified atom stereocenters. The lowest BCUT2D eigenvalue weighted by atomic mass is 9.86. The fourth-order valence-corrected chi connectivity index (χ4v) is 2.09. The highest BCUT2D eigenvalue weighted by molar-refractivity contribution is 5.41. The Morgan fingerprint density at radius 1 is 1.05 bits per heavy atom. The van der Waals surface area contributed by atoms with Crippen LogP contribution in [0.3, 0.4) is 0 Å². The second kappa shape index (κ2) is 6.62. The first-order valence-electron chi connectivity index (χ1n) is 7.58. The van der Waals surface area contributed by atoms with Crippen molar-refractivity contribution >= 4 is 0 Å². The van der Waals surface area contributed by atoms with Crippen LogP contribution in [0.2, 0.25) is 0 Å². The Morgan fingerprint density at radius 3 is 2.25 bits per heavy atom. The molecule has 0 amide bonds. The summed E-state index contributed by atoms with van der Waals surface area (Å²) >= 11 is 0. The molecule has 0 spiro atoms. The van der Waals surface area contributed by atoms with E-state index in [9.17, 15) is 0 Å². The van der Waals surface area contributed by atoms with Gasteiger partial charge in [-0.3, -0.25) is 0 Å². The Morgan fingerprint density at radius 2 is 1.70 bits per heavy atom. The lowest BCUT2D eigenvalue weighted by Crippen LogP contribution is -2.36. The molecule has 1 aromatic rings. The van der Waals surface area contributed by atoms with Crippen molar-refractivity contribution in [2.45, 2.75) is 65.8 Å². The molecule has 1 aromatic carbocycles. The largest absolute Gasteiger partial charge is 0.493 e. The van der Waals surface area contributed by atoms with Crippen LogP contribution in [0.25, 0.3) is 0 Å². The van der Waals surface area contributed by atoms with Crippen LogP contribution in [0.1, 0.15) is 59.1 Å². The molecule has 114 valence electrons. The lowest BCUT2D eigenvalue weighted by Gasteiger charge is -2.24. The summed E-state index contributed by atoms with van der Waals surface area (Å²) in [5.74, 6) is 1.04. The molecular weight excluding hydrogens is 246 g/mol. The normalized spacial score (nSPS) is 12.6. The maximum absolute atomic E-state index is 6.02. The standard InChI is InChI=1S/C18H31NO/c1-14-9-10-15(17(2,3)4)16(13-14)20-12-8-11-19-18(5,6)7/h9-10,13,19H,8,11-12H2,1-7H3. The van der Waals surface area contributed by atoms with Crippen LogP contribution in [0.4, 0.5) is 0 Å². The summed E-state index contributed by atoms with van der Waals surface area (Å²) in [7, 11) is 0. The summed E-state index contributed by atoms with van der Waals surface area (Å²) in [4.78, 5) is 0. The van der Waals surface area contributed by atoms with Crippen molar-refractivity contribution in [3.63, 3.8) is 0 Å². The van der Waals surface area contributed by atoms with Crippen LogP contribution >= 0.6 is 0 Å². The first-order chi connectivity index (χ1) is 9.09. The van der Waals surface area contributed by atoms with Crippen molar-refractivity contribution in [3.05, 3.63) is 29.3 Å². The van der Waals surface area contributed by atoms with Gasteiger partial charge in [0.15, 0.2) is 0 Å². The number of nitrogens with one attached hydrogen (secondary N) is 1. The van der Waals surface area contributed by atoms with Crippen molar-refractivity contribution in [2.75, 3.05) is 13.2 Å². The third-order valence-electron chi connectivity index (χ3n) is 3.18. The molecule has 2 nitrogen and oxygen atoms in total. The fourth-order valence-electron chi connectivity index (χ4n) is 2.09. The van der Waals surface area contributed by atoms with Crippen LogP contribution in [0.5, 0.6) is 5.75 Å². The first kappa shape index (κ1) is 17.0. The van der Waals surface area contributed by atoms with Gasteiger partial charge < -0.3 is 10.1 Å². The van der Waals surface area contributed by atoms with E-state index < -0.39 is 0 Å². The third-order valence-corrected chi connectivity index (χ3v) is 3.18. The summed E-state index contributed by atoms with van der Waals surface area (Å²) < 4.78 is 6.02. The maximum atomic E-state index is 6.02. The minimum Gasteiger partial charge on any atom is -0.493 e. The van der Waals surface area contributed by atoms with Crippen LogP contribution in [-0.4, -0.2) is 18.7 Å². The van der Waals surface area contributed by atoms with E-state index in [1.54, 1.807) is 0 Å². The van der Waals surface area contributed by atoms with Gasteiger partial charge in [-0.25, -0.2) is 0 Å². The quantitative estimate of drug-likeness (QED) is 0.803. The zero-order valence-electron chi connectivity index (χ0n) is 14.3. The highest BCUT2D eigenvalue weighted by Gasteiger charge is 2.18. The SMILES string of the molecule is Cc1ccc(C(C)(C)C)c(OCCCNC(C)(C)C)c1. The molecule has 0 aromatic heterocycles. The van der Waals surface area contributed by atoms with E-state index in [1.165, 1.54) is 11.1 Å². The Hall–Kier alpha value is -1.02. The predicted octanol–water partition coefficient (Wildman–Crippen LogP) is 4.45. The Kier molecular flexibility index (Phi) is 5.64. The number of rotatable bonds is 5. The molecule has 0 bridgehead atoms. The van der Waals surface area contributed by atoms with Crippen LogP contribution in [0.15, 0.2) is 18.2 Å². The van der Waals surface area contributed by atoms with E-state index in [4.69, 9.17) is 4.74 Å². The summed E-state index contributed by atoms with van der Waals surface area (Å²) in [6, 6.07) is 6.50. The van der Waals surface area contributed by atoms with Gasteiger partial charge in [-0.15, -0.1) is 0 Å². The number of hydrogen-bond acceptors (Lipinski definition) is 2. The minimum absolute atomic E-state index is 0.118. The van der Waals surface area contributed by atoms with Crippen molar-refractivity contribution in [2.24, 2.45) is 0 Å². The maximum Gasteiger partial charge on any atom is 0.123 e. The molecule has 0 fully saturated rings. The second-order valence-electron chi connectivity index (χ2n) is 7.63. The molecular formula is C18H31NO. The highest BCUT2D eigenvalue weighted by atomic mass is 16.5. The van der Waals surface area contributed by atoms with Gasteiger partial charge in [-0.05, 0) is 63.3 Å². The average Bonchev–Trinajstić information content (AvgIpc) is 2.25. The zero-order chi connectivity index (χ0) is 15.4. The molecule has 0 aliphatic rings. The molecule has 2 heteroatoms. The van der Waals surface area contributed by atoms with Gasteiger partial charge in [-0.2, -0.15) is 0 Å². The molecule has 1 rings (SSSR count). The fraction of sp³-hybridized carbons (Fsp3) is 0.667. The molecule has 0 saturated heterocycles. The van der Waals surface area contributed by atoms with Gasteiger partial charge in [0.05, 0.1) is 6.61 Å². The zero-order valence-corrected chi connectivity index (χ0v) is 14.3. The predicted molar refractivity (Wildman–Crippen MR) is 87.7 cm³/mol. The monoisotopic (exact) mass is 277 g/mol. The molecule has 0 saturated carbocycles. The number of ether oxygens (including phenoxy) is 1. The van der Waals surface area contributed by atoms with Gasteiger partial charge in [-0.1, -0.05) is 32.9 Å². The van der Waals surface area contributed by atoms with E-state index in [0.717, 1.165) is 25.3 Å². The first-order valence-corrected chi connectivity index (χ1v) is 7.58. The summed E-state index contributed by atoms with van der Waals surface area (Å²) in [5.41, 5.74) is 2.83. The molecule has 0 heterocycles. The molecule has 0 aliphatic carbocycles. The Balaban J connectivity index is 2.57. The molecule has 0 aliphatic heterocycles. The number of aryl methyl sites for hydroxylation is 1.